The van der Waals surface area contributed by atoms with Gasteiger partial charge in [-0.3, -0.25) is 0 Å². The second-order valence-corrected chi connectivity index (χ2v) is 6.26. The summed E-state index contributed by atoms with van der Waals surface area (Å²) in [6.45, 7) is 9.02. The number of hydrogen-bond acceptors (Lipinski definition) is 3. The molecule has 1 aliphatic heterocycles. The van der Waals surface area contributed by atoms with Gasteiger partial charge in [0.15, 0.2) is 0 Å². The molecule has 0 aromatic heterocycles. The Morgan fingerprint density at radius 1 is 1.24 bits per heavy atom. The molecule has 0 unspecified atom stereocenters. The van der Waals surface area contributed by atoms with Crippen LogP contribution in [0.1, 0.15) is 38.7 Å². The summed E-state index contributed by atoms with van der Waals surface area (Å²) in [5.74, 6) is 2.59. The van der Waals surface area contributed by atoms with Crippen LogP contribution in [0.3, 0.4) is 0 Å². The van der Waals surface area contributed by atoms with E-state index in [1.54, 1.807) is 12.1 Å². The van der Waals surface area contributed by atoms with Crippen molar-refractivity contribution in [2.75, 3.05) is 26.2 Å². The lowest BCUT2D eigenvalue weighted by Gasteiger charge is -2.33. The number of hydrogen-bond donors (Lipinski definition) is 0. The average Bonchev–Trinajstić information content (AvgIpc) is 2.52. The quantitative estimate of drug-likeness (QED) is 0.748. The van der Waals surface area contributed by atoms with Crippen LogP contribution in [0.15, 0.2) is 24.3 Å². The first-order chi connectivity index (χ1) is 10.2. The molecule has 21 heavy (non-hydrogen) atoms. The second-order valence-electron chi connectivity index (χ2n) is 6.26. The Morgan fingerprint density at radius 3 is 2.48 bits per heavy atom. The molecule has 0 spiro atoms. The van der Waals surface area contributed by atoms with Gasteiger partial charge in [-0.05, 0) is 68.5 Å². The van der Waals surface area contributed by atoms with Crippen molar-refractivity contribution in [2.45, 2.75) is 33.1 Å². The first-order valence-corrected chi connectivity index (χ1v) is 8.04. The van der Waals surface area contributed by atoms with Gasteiger partial charge in [0.2, 0.25) is 0 Å². The Balaban J connectivity index is 1.61. The van der Waals surface area contributed by atoms with Gasteiger partial charge in [0, 0.05) is 6.54 Å². The molecule has 0 atom stereocenters. The zero-order chi connectivity index (χ0) is 15.1. The summed E-state index contributed by atoms with van der Waals surface area (Å²) < 4.78 is 5.72. The van der Waals surface area contributed by atoms with Gasteiger partial charge in [0.25, 0.3) is 0 Å². The van der Waals surface area contributed by atoms with E-state index in [0.717, 1.165) is 37.2 Å². The highest BCUT2D eigenvalue weighted by atomic mass is 16.5. The third-order valence-corrected chi connectivity index (χ3v) is 4.45. The lowest BCUT2D eigenvalue weighted by molar-refractivity contribution is 0.149. The van der Waals surface area contributed by atoms with Crippen LogP contribution in [0.5, 0.6) is 5.75 Å². The number of benzene rings is 1. The van der Waals surface area contributed by atoms with Crippen molar-refractivity contribution in [1.29, 1.82) is 5.26 Å². The molecule has 0 N–H and O–H groups in total. The van der Waals surface area contributed by atoms with E-state index in [2.05, 4.69) is 24.8 Å². The zero-order valence-electron chi connectivity index (χ0n) is 13.2. The molecule has 114 valence electrons. The lowest BCUT2D eigenvalue weighted by Crippen LogP contribution is -2.36. The Morgan fingerprint density at radius 2 is 1.90 bits per heavy atom. The minimum absolute atomic E-state index is 0.676. The summed E-state index contributed by atoms with van der Waals surface area (Å²) in [6, 6.07) is 9.44. The highest BCUT2D eigenvalue weighted by Gasteiger charge is 2.20. The molecule has 1 saturated heterocycles. The molecule has 1 heterocycles. The Labute approximate surface area is 128 Å². The molecule has 0 radical (unpaired) electrons. The fourth-order valence-corrected chi connectivity index (χ4v) is 2.95. The standard InChI is InChI=1S/C18H26N2O/c1-15(2)17-8-11-20(12-9-17)10-3-13-21-18-6-4-16(14-19)5-7-18/h4-7,15,17H,3,8-13H2,1-2H3. The Hall–Kier alpha value is -1.53. The number of ether oxygens (including phenoxy) is 1. The minimum Gasteiger partial charge on any atom is -0.494 e. The Bertz CT molecular complexity index is 453. The maximum atomic E-state index is 8.74. The predicted molar refractivity (Wildman–Crippen MR) is 85.3 cm³/mol. The first kappa shape index (κ1) is 15.9. The molecule has 1 fully saturated rings. The van der Waals surface area contributed by atoms with Gasteiger partial charge in [-0.2, -0.15) is 5.26 Å². The van der Waals surface area contributed by atoms with Crippen LogP contribution in [-0.2, 0) is 0 Å². The molecule has 0 aliphatic carbocycles. The van der Waals surface area contributed by atoms with Crippen molar-refractivity contribution in [3.05, 3.63) is 29.8 Å². The molecular formula is C18H26N2O. The summed E-state index contributed by atoms with van der Waals surface area (Å²) in [5, 5.41) is 8.74. The van der Waals surface area contributed by atoms with Gasteiger partial charge in [0.05, 0.1) is 18.2 Å². The van der Waals surface area contributed by atoms with Crippen molar-refractivity contribution < 1.29 is 4.74 Å². The number of nitrogens with zero attached hydrogens (tertiary/aromatic N) is 2. The van der Waals surface area contributed by atoms with Gasteiger partial charge in [-0.1, -0.05) is 13.8 Å². The molecule has 1 aromatic carbocycles. The highest BCUT2D eigenvalue weighted by Crippen LogP contribution is 2.24. The molecule has 0 amide bonds. The van der Waals surface area contributed by atoms with Gasteiger partial charge in [-0.25, -0.2) is 0 Å². The number of rotatable bonds is 6. The third kappa shape index (κ3) is 5.06. The van der Waals surface area contributed by atoms with E-state index in [0.29, 0.717) is 5.56 Å². The average molecular weight is 286 g/mol. The zero-order valence-corrected chi connectivity index (χ0v) is 13.2. The van der Waals surface area contributed by atoms with Crippen LogP contribution in [-0.4, -0.2) is 31.1 Å². The van der Waals surface area contributed by atoms with E-state index in [1.807, 2.05) is 12.1 Å². The van der Waals surface area contributed by atoms with E-state index in [9.17, 15) is 0 Å². The van der Waals surface area contributed by atoms with Gasteiger partial charge in [0.1, 0.15) is 5.75 Å². The van der Waals surface area contributed by atoms with Crippen LogP contribution in [0, 0.1) is 23.2 Å². The van der Waals surface area contributed by atoms with Crippen LogP contribution in [0.4, 0.5) is 0 Å². The van der Waals surface area contributed by atoms with Gasteiger partial charge >= 0.3 is 0 Å². The predicted octanol–water partition coefficient (Wildman–Crippen LogP) is 3.70. The van der Waals surface area contributed by atoms with E-state index in [1.165, 1.54) is 25.9 Å². The van der Waals surface area contributed by atoms with Crippen molar-refractivity contribution in [2.24, 2.45) is 11.8 Å². The molecule has 1 aliphatic rings. The molecule has 0 saturated carbocycles. The molecule has 1 aromatic rings. The number of likely N-dealkylation sites (tertiary alicyclic amines) is 1. The molecular weight excluding hydrogens is 260 g/mol. The highest BCUT2D eigenvalue weighted by molar-refractivity contribution is 5.34. The van der Waals surface area contributed by atoms with Crippen LogP contribution in [0.25, 0.3) is 0 Å². The first-order valence-electron chi connectivity index (χ1n) is 8.04. The maximum Gasteiger partial charge on any atom is 0.119 e. The van der Waals surface area contributed by atoms with Crippen molar-refractivity contribution >= 4 is 0 Å². The number of piperidine rings is 1. The lowest BCUT2D eigenvalue weighted by atomic mass is 9.87. The minimum atomic E-state index is 0.676. The Kier molecular flexibility index (Phi) is 6.07. The maximum absolute atomic E-state index is 8.74. The molecule has 3 heteroatoms. The van der Waals surface area contributed by atoms with Crippen LogP contribution >= 0.6 is 0 Å². The van der Waals surface area contributed by atoms with Crippen molar-refractivity contribution in [1.82, 2.24) is 4.90 Å². The van der Waals surface area contributed by atoms with Crippen molar-refractivity contribution in [3.8, 4) is 11.8 Å². The molecule has 3 nitrogen and oxygen atoms in total. The normalized spacial score (nSPS) is 16.9. The van der Waals surface area contributed by atoms with Crippen LogP contribution < -0.4 is 4.74 Å². The molecule has 2 rings (SSSR count). The fraction of sp³-hybridized carbons (Fsp3) is 0.611. The summed E-state index contributed by atoms with van der Waals surface area (Å²) in [7, 11) is 0. The third-order valence-electron chi connectivity index (χ3n) is 4.45. The summed E-state index contributed by atoms with van der Waals surface area (Å²) in [6.07, 6.45) is 3.74. The second kappa shape index (κ2) is 8.05. The van der Waals surface area contributed by atoms with E-state index < -0.39 is 0 Å². The summed E-state index contributed by atoms with van der Waals surface area (Å²) >= 11 is 0. The van der Waals surface area contributed by atoms with Gasteiger partial charge < -0.3 is 9.64 Å². The van der Waals surface area contributed by atoms with Crippen molar-refractivity contribution in [3.63, 3.8) is 0 Å². The monoisotopic (exact) mass is 286 g/mol. The van der Waals surface area contributed by atoms with Crippen LogP contribution in [0.2, 0.25) is 0 Å². The van der Waals surface area contributed by atoms with E-state index in [-0.39, 0.29) is 0 Å². The van der Waals surface area contributed by atoms with Gasteiger partial charge in [-0.15, -0.1) is 0 Å². The fourth-order valence-electron chi connectivity index (χ4n) is 2.95. The molecule has 0 bridgehead atoms. The van der Waals surface area contributed by atoms with E-state index in [4.69, 9.17) is 10.00 Å². The topological polar surface area (TPSA) is 36.3 Å². The van der Waals surface area contributed by atoms with E-state index >= 15 is 0 Å². The largest absolute Gasteiger partial charge is 0.494 e. The smallest absolute Gasteiger partial charge is 0.119 e. The number of nitriles is 1. The SMILES string of the molecule is CC(C)C1CCN(CCCOc2ccc(C#N)cc2)CC1. The summed E-state index contributed by atoms with van der Waals surface area (Å²) in [5.41, 5.74) is 0.676. The summed E-state index contributed by atoms with van der Waals surface area (Å²) in [4.78, 5) is 2.56.